The highest BCUT2D eigenvalue weighted by Crippen LogP contribution is 2.25. The van der Waals surface area contributed by atoms with Gasteiger partial charge in [0.05, 0.1) is 11.8 Å². The van der Waals surface area contributed by atoms with E-state index in [-0.39, 0.29) is 17.7 Å². The summed E-state index contributed by atoms with van der Waals surface area (Å²) < 4.78 is 26.5. The van der Waals surface area contributed by atoms with Gasteiger partial charge in [-0.1, -0.05) is 30.3 Å². The summed E-state index contributed by atoms with van der Waals surface area (Å²) in [6.45, 7) is 3.23. The molecule has 0 saturated carbocycles. The van der Waals surface area contributed by atoms with Crippen molar-refractivity contribution in [3.63, 3.8) is 0 Å². The smallest absolute Gasteiger partial charge is 0.251 e. The Kier molecular flexibility index (Phi) is 6.25. The van der Waals surface area contributed by atoms with Gasteiger partial charge in [-0.2, -0.15) is 0 Å². The molecule has 6 heteroatoms. The lowest BCUT2D eigenvalue weighted by molar-refractivity contribution is 0.0940. The van der Waals surface area contributed by atoms with Gasteiger partial charge >= 0.3 is 0 Å². The molecule has 1 aliphatic heterocycles. The highest BCUT2D eigenvalue weighted by atomic mass is 32.2. The normalized spacial score (nSPS) is 18.0. The molecule has 2 aliphatic rings. The van der Waals surface area contributed by atoms with E-state index in [9.17, 15) is 13.2 Å². The first-order valence-corrected chi connectivity index (χ1v) is 12.5. The van der Waals surface area contributed by atoms with Gasteiger partial charge in [-0.15, -0.1) is 0 Å². The molecule has 0 radical (unpaired) electrons. The fraction of sp³-hybridized carbons (Fsp3) is 0.458. The average molecular weight is 427 g/mol. The number of rotatable bonds is 6. The maximum Gasteiger partial charge on any atom is 0.251 e. The minimum Gasteiger partial charge on any atom is -0.346 e. The van der Waals surface area contributed by atoms with Crippen LogP contribution in [-0.2, 0) is 28.6 Å². The van der Waals surface area contributed by atoms with Crippen LogP contribution in [0.4, 0.5) is 0 Å². The molecule has 0 spiro atoms. The maximum atomic E-state index is 12.7. The Labute approximate surface area is 179 Å². The van der Waals surface area contributed by atoms with Crippen LogP contribution in [0.2, 0.25) is 0 Å². The number of nitrogens with one attached hydrogen (secondary N) is 1. The number of benzene rings is 2. The Balaban J connectivity index is 1.39. The van der Waals surface area contributed by atoms with Gasteiger partial charge in [-0.25, -0.2) is 12.7 Å². The number of sulfonamides is 1. The van der Waals surface area contributed by atoms with Crippen molar-refractivity contribution < 1.29 is 13.2 Å². The summed E-state index contributed by atoms with van der Waals surface area (Å²) in [4.78, 5) is 12.7. The number of aryl methyl sites for hydroxylation is 2. The molecule has 4 rings (SSSR count). The Morgan fingerprint density at radius 3 is 2.33 bits per heavy atom. The number of nitrogens with zero attached hydrogens (tertiary/aromatic N) is 1. The second-order valence-corrected chi connectivity index (χ2v) is 10.5. The monoisotopic (exact) mass is 426 g/mol. The average Bonchev–Trinajstić information content (AvgIpc) is 3.29. The van der Waals surface area contributed by atoms with Gasteiger partial charge in [0.2, 0.25) is 10.0 Å². The number of carbonyl (C=O) groups is 1. The molecule has 1 aliphatic carbocycles. The van der Waals surface area contributed by atoms with Crippen molar-refractivity contribution in [1.82, 2.24) is 9.62 Å². The molecule has 2 aromatic carbocycles. The lowest BCUT2D eigenvalue weighted by Gasteiger charge is -2.20. The van der Waals surface area contributed by atoms with Crippen LogP contribution in [-0.4, -0.2) is 31.7 Å². The molecule has 1 fully saturated rings. The van der Waals surface area contributed by atoms with Crippen molar-refractivity contribution in [2.45, 2.75) is 57.2 Å². The van der Waals surface area contributed by atoms with Crippen LogP contribution in [0.15, 0.2) is 42.5 Å². The predicted molar refractivity (Wildman–Crippen MR) is 119 cm³/mol. The molecule has 1 atom stereocenters. The van der Waals surface area contributed by atoms with Crippen molar-refractivity contribution in [1.29, 1.82) is 0 Å². The molecule has 160 valence electrons. The van der Waals surface area contributed by atoms with Crippen LogP contribution in [0.25, 0.3) is 0 Å². The van der Waals surface area contributed by atoms with E-state index in [4.69, 9.17) is 0 Å². The van der Waals surface area contributed by atoms with Crippen molar-refractivity contribution in [3.05, 3.63) is 70.3 Å². The second kappa shape index (κ2) is 8.90. The number of hydrogen-bond acceptors (Lipinski definition) is 3. The molecule has 1 amide bonds. The van der Waals surface area contributed by atoms with Crippen molar-refractivity contribution in [3.8, 4) is 0 Å². The van der Waals surface area contributed by atoms with Crippen LogP contribution in [0, 0.1) is 0 Å². The third kappa shape index (κ3) is 4.76. The van der Waals surface area contributed by atoms with E-state index >= 15 is 0 Å². The van der Waals surface area contributed by atoms with E-state index in [0.29, 0.717) is 24.2 Å². The standard InChI is InChI=1S/C24H30N2O3S/c1-18(22-13-12-20-6-2-3-7-23(20)16-22)25-24(27)21-10-8-19(9-11-21)17-30(28,29)26-14-4-5-15-26/h8-13,16,18H,2-7,14-15,17H2,1H3,(H,25,27). The van der Waals surface area contributed by atoms with Gasteiger partial charge in [-0.05, 0) is 79.8 Å². The van der Waals surface area contributed by atoms with Gasteiger partial charge in [0.25, 0.3) is 5.91 Å². The highest BCUT2D eigenvalue weighted by molar-refractivity contribution is 7.88. The minimum atomic E-state index is -3.28. The Morgan fingerprint density at radius 1 is 0.967 bits per heavy atom. The molecule has 2 aromatic rings. The van der Waals surface area contributed by atoms with Crippen molar-refractivity contribution in [2.24, 2.45) is 0 Å². The molecule has 1 unspecified atom stereocenters. The summed E-state index contributed by atoms with van der Waals surface area (Å²) in [5, 5.41) is 3.07. The SMILES string of the molecule is CC(NC(=O)c1ccc(CS(=O)(=O)N2CCCC2)cc1)c1ccc2c(c1)CCCC2. The Morgan fingerprint density at radius 2 is 1.63 bits per heavy atom. The molecule has 1 heterocycles. The van der Waals surface area contributed by atoms with Crippen LogP contribution in [0.5, 0.6) is 0 Å². The highest BCUT2D eigenvalue weighted by Gasteiger charge is 2.25. The van der Waals surface area contributed by atoms with Gasteiger partial charge in [0, 0.05) is 18.7 Å². The van der Waals surface area contributed by atoms with Crippen LogP contribution >= 0.6 is 0 Å². The van der Waals surface area contributed by atoms with Crippen LogP contribution in [0.1, 0.15) is 71.3 Å². The van der Waals surface area contributed by atoms with E-state index in [2.05, 4.69) is 23.5 Å². The topological polar surface area (TPSA) is 66.5 Å². The quantitative estimate of drug-likeness (QED) is 0.760. The van der Waals surface area contributed by atoms with Crippen molar-refractivity contribution >= 4 is 15.9 Å². The van der Waals surface area contributed by atoms with E-state index in [1.807, 2.05) is 6.92 Å². The summed E-state index contributed by atoms with van der Waals surface area (Å²) in [5.74, 6) is -0.158. The second-order valence-electron chi connectivity index (χ2n) is 8.49. The number of carbonyl (C=O) groups excluding carboxylic acids is 1. The predicted octanol–water partition coefficient (Wildman–Crippen LogP) is 3.98. The van der Waals surface area contributed by atoms with Gasteiger partial charge in [0.1, 0.15) is 0 Å². The first kappa shape index (κ1) is 21.1. The summed E-state index contributed by atoms with van der Waals surface area (Å²) in [5.41, 5.74) is 5.21. The summed E-state index contributed by atoms with van der Waals surface area (Å²) >= 11 is 0. The van der Waals surface area contributed by atoms with E-state index in [1.165, 1.54) is 24.0 Å². The van der Waals surface area contributed by atoms with E-state index < -0.39 is 10.0 Å². The van der Waals surface area contributed by atoms with E-state index in [1.54, 1.807) is 28.6 Å². The van der Waals surface area contributed by atoms with Gasteiger partial charge in [0.15, 0.2) is 0 Å². The maximum absolute atomic E-state index is 12.7. The number of hydrogen-bond donors (Lipinski definition) is 1. The fourth-order valence-electron chi connectivity index (χ4n) is 4.41. The molecular weight excluding hydrogens is 396 g/mol. The van der Waals surface area contributed by atoms with Gasteiger partial charge < -0.3 is 5.32 Å². The molecule has 1 saturated heterocycles. The first-order valence-electron chi connectivity index (χ1n) is 10.9. The fourth-order valence-corrected chi connectivity index (χ4v) is 6.02. The Hall–Kier alpha value is -2.18. The van der Waals surface area contributed by atoms with E-state index in [0.717, 1.165) is 31.2 Å². The third-order valence-corrected chi connectivity index (χ3v) is 8.09. The Bertz CT molecular complexity index is 1010. The minimum absolute atomic E-state index is 0.0135. The summed E-state index contributed by atoms with van der Waals surface area (Å²) in [7, 11) is -3.28. The van der Waals surface area contributed by atoms with Crippen molar-refractivity contribution in [2.75, 3.05) is 13.1 Å². The van der Waals surface area contributed by atoms with Crippen LogP contribution < -0.4 is 5.32 Å². The zero-order valence-electron chi connectivity index (χ0n) is 17.6. The zero-order valence-corrected chi connectivity index (χ0v) is 18.4. The lowest BCUT2D eigenvalue weighted by Crippen LogP contribution is -2.29. The molecule has 5 nitrogen and oxygen atoms in total. The molecule has 30 heavy (non-hydrogen) atoms. The number of fused-ring (bicyclic) bond motifs is 1. The van der Waals surface area contributed by atoms with Crippen LogP contribution in [0.3, 0.4) is 0 Å². The third-order valence-electron chi connectivity index (χ3n) is 6.24. The lowest BCUT2D eigenvalue weighted by atomic mass is 9.89. The van der Waals surface area contributed by atoms with Gasteiger partial charge in [-0.3, -0.25) is 4.79 Å². The molecule has 0 bridgehead atoms. The molecular formula is C24H30N2O3S. The summed E-state index contributed by atoms with van der Waals surface area (Å²) in [6, 6.07) is 13.4. The largest absolute Gasteiger partial charge is 0.346 e. The summed E-state index contributed by atoms with van der Waals surface area (Å²) in [6.07, 6.45) is 6.62. The first-order chi connectivity index (χ1) is 14.4. The molecule has 1 N–H and O–H groups in total. The molecule has 0 aromatic heterocycles. The number of amides is 1. The zero-order chi connectivity index (χ0) is 21.1.